The van der Waals surface area contributed by atoms with Crippen LogP contribution in [-0.2, 0) is 11.3 Å². The van der Waals surface area contributed by atoms with Crippen LogP contribution in [0.2, 0.25) is 0 Å². The van der Waals surface area contributed by atoms with Crippen LogP contribution in [0.15, 0.2) is 28.0 Å². The van der Waals surface area contributed by atoms with Gasteiger partial charge in [-0.15, -0.1) is 10.2 Å². The molecule has 1 aliphatic rings. The van der Waals surface area contributed by atoms with Gasteiger partial charge in [-0.3, -0.25) is 4.79 Å². The molecule has 1 aromatic heterocycles. The number of aromatic nitrogens is 2. The summed E-state index contributed by atoms with van der Waals surface area (Å²) in [5, 5.41) is 7.48. The SMILES string of the molecule is O=C1C(Sc2nncs2)CCCN1Cc1ccc(F)cc1F. The highest BCUT2D eigenvalue weighted by Gasteiger charge is 2.30. The number of hydrogen-bond acceptors (Lipinski definition) is 5. The lowest BCUT2D eigenvalue weighted by molar-refractivity contribution is -0.133. The molecule has 1 atom stereocenters. The Morgan fingerprint density at radius 2 is 2.27 bits per heavy atom. The normalized spacial score (nSPS) is 18.7. The lowest BCUT2D eigenvalue weighted by Crippen LogP contribution is -2.42. The molecular weight excluding hydrogens is 328 g/mol. The molecule has 1 aromatic carbocycles. The van der Waals surface area contributed by atoms with Crippen LogP contribution in [0.3, 0.4) is 0 Å². The Labute approximate surface area is 134 Å². The summed E-state index contributed by atoms with van der Waals surface area (Å²) in [6.07, 6.45) is 1.62. The van der Waals surface area contributed by atoms with Crippen molar-refractivity contribution in [3.05, 3.63) is 40.9 Å². The molecular formula is C14H13F2N3OS2. The maximum Gasteiger partial charge on any atom is 0.236 e. The molecule has 4 nitrogen and oxygen atoms in total. The van der Waals surface area contributed by atoms with Gasteiger partial charge in [0, 0.05) is 24.7 Å². The van der Waals surface area contributed by atoms with Crippen LogP contribution in [0.5, 0.6) is 0 Å². The molecule has 0 radical (unpaired) electrons. The molecule has 116 valence electrons. The smallest absolute Gasteiger partial charge is 0.236 e. The zero-order chi connectivity index (χ0) is 15.5. The van der Waals surface area contributed by atoms with Gasteiger partial charge >= 0.3 is 0 Å². The van der Waals surface area contributed by atoms with Crippen molar-refractivity contribution in [2.24, 2.45) is 0 Å². The Morgan fingerprint density at radius 1 is 1.41 bits per heavy atom. The molecule has 0 aliphatic carbocycles. The first-order chi connectivity index (χ1) is 10.6. The van der Waals surface area contributed by atoms with Gasteiger partial charge in [-0.25, -0.2) is 8.78 Å². The van der Waals surface area contributed by atoms with Crippen LogP contribution in [0, 0.1) is 11.6 Å². The van der Waals surface area contributed by atoms with Gasteiger partial charge in [0.15, 0.2) is 4.34 Å². The molecule has 2 heterocycles. The minimum Gasteiger partial charge on any atom is -0.337 e. The summed E-state index contributed by atoms with van der Waals surface area (Å²) in [6, 6.07) is 3.44. The van der Waals surface area contributed by atoms with Gasteiger partial charge in [-0.05, 0) is 18.9 Å². The molecule has 0 spiro atoms. The van der Waals surface area contributed by atoms with Gasteiger partial charge in [0.05, 0.1) is 5.25 Å². The number of carbonyl (C=O) groups is 1. The van der Waals surface area contributed by atoms with Crippen molar-refractivity contribution >= 4 is 29.0 Å². The van der Waals surface area contributed by atoms with Gasteiger partial charge < -0.3 is 4.90 Å². The first kappa shape index (κ1) is 15.4. The third-order valence-electron chi connectivity index (χ3n) is 3.44. The predicted octanol–water partition coefficient (Wildman–Crippen LogP) is 3.10. The van der Waals surface area contributed by atoms with E-state index in [0.29, 0.717) is 12.1 Å². The predicted molar refractivity (Wildman–Crippen MR) is 80.6 cm³/mol. The molecule has 1 fully saturated rings. The summed E-state index contributed by atoms with van der Waals surface area (Å²) in [6.45, 7) is 0.751. The van der Waals surface area contributed by atoms with Crippen molar-refractivity contribution < 1.29 is 13.6 Å². The second-order valence-corrected chi connectivity index (χ2v) is 7.23. The number of halogens is 2. The summed E-state index contributed by atoms with van der Waals surface area (Å²) in [7, 11) is 0. The summed E-state index contributed by atoms with van der Waals surface area (Å²) >= 11 is 2.80. The maximum absolute atomic E-state index is 13.7. The lowest BCUT2D eigenvalue weighted by atomic mass is 10.1. The van der Waals surface area contributed by atoms with Crippen LogP contribution in [0.1, 0.15) is 18.4 Å². The molecule has 1 amide bonds. The van der Waals surface area contributed by atoms with E-state index in [9.17, 15) is 13.6 Å². The Hall–Kier alpha value is -1.54. The fourth-order valence-electron chi connectivity index (χ4n) is 2.36. The third kappa shape index (κ3) is 3.44. The molecule has 1 saturated heterocycles. The molecule has 1 aliphatic heterocycles. The molecule has 22 heavy (non-hydrogen) atoms. The number of rotatable bonds is 4. The van der Waals surface area contributed by atoms with E-state index in [1.807, 2.05) is 0 Å². The van der Waals surface area contributed by atoms with Gasteiger partial charge in [0.25, 0.3) is 0 Å². The van der Waals surface area contributed by atoms with E-state index in [1.54, 1.807) is 10.4 Å². The first-order valence-corrected chi connectivity index (χ1v) is 8.55. The van der Waals surface area contributed by atoms with Gasteiger partial charge in [0.2, 0.25) is 5.91 Å². The fourth-order valence-corrected chi connectivity index (χ4v) is 4.21. The van der Waals surface area contributed by atoms with Gasteiger partial charge in [0.1, 0.15) is 17.1 Å². The lowest BCUT2D eigenvalue weighted by Gasteiger charge is -2.31. The average molecular weight is 341 g/mol. The van der Waals surface area contributed by atoms with Crippen molar-refractivity contribution in [3.63, 3.8) is 0 Å². The molecule has 2 aromatic rings. The second kappa shape index (κ2) is 6.70. The van der Waals surface area contributed by atoms with Crippen LogP contribution >= 0.6 is 23.1 Å². The summed E-state index contributed by atoms with van der Waals surface area (Å²) in [4.78, 5) is 14.1. The van der Waals surface area contributed by atoms with Crippen LogP contribution in [-0.4, -0.2) is 32.8 Å². The van der Waals surface area contributed by atoms with E-state index in [2.05, 4.69) is 10.2 Å². The Morgan fingerprint density at radius 3 is 3.00 bits per heavy atom. The monoisotopic (exact) mass is 341 g/mol. The van der Waals surface area contributed by atoms with E-state index >= 15 is 0 Å². The molecule has 0 N–H and O–H groups in total. The zero-order valence-corrected chi connectivity index (χ0v) is 13.2. The van der Waals surface area contributed by atoms with Crippen molar-refractivity contribution in [2.75, 3.05) is 6.54 Å². The number of carbonyl (C=O) groups excluding carboxylic acids is 1. The molecule has 0 bridgehead atoms. The van der Waals surface area contributed by atoms with E-state index < -0.39 is 11.6 Å². The zero-order valence-electron chi connectivity index (χ0n) is 11.5. The highest BCUT2D eigenvalue weighted by atomic mass is 32.2. The van der Waals surface area contributed by atoms with E-state index in [4.69, 9.17) is 0 Å². The Balaban J connectivity index is 1.69. The first-order valence-electron chi connectivity index (χ1n) is 6.79. The largest absolute Gasteiger partial charge is 0.337 e. The fraction of sp³-hybridized carbons (Fsp3) is 0.357. The number of hydrogen-bond donors (Lipinski definition) is 0. The Kier molecular flexibility index (Phi) is 4.68. The Bertz CT molecular complexity index is 666. The number of nitrogens with zero attached hydrogens (tertiary/aromatic N) is 3. The quantitative estimate of drug-likeness (QED) is 0.857. The summed E-state index contributed by atoms with van der Waals surface area (Å²) in [5.74, 6) is -1.27. The summed E-state index contributed by atoms with van der Waals surface area (Å²) in [5.41, 5.74) is 1.96. The maximum atomic E-state index is 13.7. The molecule has 0 saturated carbocycles. The van der Waals surface area contributed by atoms with Gasteiger partial charge in [-0.2, -0.15) is 0 Å². The molecule has 1 unspecified atom stereocenters. The van der Waals surface area contributed by atoms with Crippen molar-refractivity contribution in [2.45, 2.75) is 29.0 Å². The minimum atomic E-state index is -0.619. The number of amides is 1. The molecule has 8 heteroatoms. The molecule has 3 rings (SSSR count). The van der Waals surface area contributed by atoms with E-state index in [-0.39, 0.29) is 17.7 Å². The van der Waals surface area contributed by atoms with Crippen molar-refractivity contribution in [1.29, 1.82) is 0 Å². The average Bonchev–Trinajstić information content (AvgIpc) is 2.99. The number of thioether (sulfide) groups is 1. The minimum absolute atomic E-state index is 0.0322. The van der Waals surface area contributed by atoms with E-state index in [0.717, 1.165) is 23.2 Å². The highest BCUT2D eigenvalue weighted by Crippen LogP contribution is 2.31. The van der Waals surface area contributed by atoms with Crippen LogP contribution in [0.25, 0.3) is 0 Å². The highest BCUT2D eigenvalue weighted by molar-refractivity contribution is 8.02. The second-order valence-electron chi connectivity index (χ2n) is 4.95. The van der Waals surface area contributed by atoms with Crippen LogP contribution < -0.4 is 0 Å². The standard InChI is InChI=1S/C14H13F2N3OS2/c15-10-4-3-9(11(16)6-10)7-19-5-1-2-12(13(19)20)22-14-18-17-8-21-14/h3-4,6,8,12H,1-2,5,7H2. The van der Waals surface area contributed by atoms with Gasteiger partial charge in [-0.1, -0.05) is 29.2 Å². The number of benzene rings is 1. The van der Waals surface area contributed by atoms with Crippen molar-refractivity contribution in [1.82, 2.24) is 15.1 Å². The number of piperidine rings is 1. The summed E-state index contributed by atoms with van der Waals surface area (Å²) < 4.78 is 27.4. The van der Waals surface area contributed by atoms with Crippen LogP contribution in [0.4, 0.5) is 8.78 Å². The van der Waals surface area contributed by atoms with Crippen molar-refractivity contribution in [3.8, 4) is 0 Å². The number of likely N-dealkylation sites (tertiary alicyclic amines) is 1. The third-order valence-corrected chi connectivity index (χ3v) is 5.51. The topological polar surface area (TPSA) is 46.1 Å². The van der Waals surface area contributed by atoms with E-state index in [1.165, 1.54) is 35.2 Å².